The zero-order chi connectivity index (χ0) is 10.1. The van der Waals surface area contributed by atoms with Crippen LogP contribution in [0.15, 0.2) is 24.3 Å². The lowest BCUT2D eigenvalue weighted by Gasteiger charge is -2.17. The number of para-hydroxylation sites is 1. The fourth-order valence-corrected chi connectivity index (χ4v) is 1.85. The van der Waals surface area contributed by atoms with E-state index in [0.717, 1.165) is 5.69 Å². The smallest absolute Gasteiger partial charge is 0.244 e. The minimum Gasteiger partial charge on any atom is -0.320 e. The molecule has 1 saturated heterocycles. The van der Waals surface area contributed by atoms with E-state index in [-0.39, 0.29) is 11.9 Å². The second kappa shape index (κ2) is 3.59. The molecule has 14 heavy (non-hydrogen) atoms. The first-order valence-electron chi connectivity index (χ1n) is 4.51. The van der Waals surface area contributed by atoms with Crippen LogP contribution in [0, 0.1) is 0 Å². The third-order valence-electron chi connectivity index (χ3n) is 2.39. The molecule has 74 valence electrons. The van der Waals surface area contributed by atoms with Crippen molar-refractivity contribution in [3.63, 3.8) is 0 Å². The summed E-state index contributed by atoms with van der Waals surface area (Å²) in [5.74, 6) is -0.0434. The summed E-state index contributed by atoms with van der Waals surface area (Å²) in [6, 6.07) is 6.93. The lowest BCUT2D eigenvalue weighted by atomic mass is 10.3. The highest BCUT2D eigenvalue weighted by Gasteiger charge is 2.30. The summed E-state index contributed by atoms with van der Waals surface area (Å²) in [4.78, 5) is 13.2. The van der Waals surface area contributed by atoms with E-state index < -0.39 is 0 Å². The lowest BCUT2D eigenvalue weighted by Crippen LogP contribution is -2.34. The van der Waals surface area contributed by atoms with Gasteiger partial charge in [0.05, 0.1) is 16.8 Å². The molecule has 0 aliphatic carbocycles. The van der Waals surface area contributed by atoms with Crippen LogP contribution in [0.3, 0.4) is 0 Å². The van der Waals surface area contributed by atoms with Crippen molar-refractivity contribution in [1.82, 2.24) is 0 Å². The predicted molar refractivity (Wildman–Crippen MR) is 56.4 cm³/mol. The van der Waals surface area contributed by atoms with Gasteiger partial charge in [-0.1, -0.05) is 23.7 Å². The number of benzene rings is 1. The van der Waals surface area contributed by atoms with Gasteiger partial charge in [-0.25, -0.2) is 0 Å². The summed E-state index contributed by atoms with van der Waals surface area (Å²) in [5, 5.41) is 0.593. The van der Waals surface area contributed by atoms with Crippen molar-refractivity contribution in [3.05, 3.63) is 29.3 Å². The molecule has 1 aromatic rings. The lowest BCUT2D eigenvalue weighted by molar-refractivity contribution is -0.118. The van der Waals surface area contributed by atoms with E-state index in [2.05, 4.69) is 0 Å². The molecule has 1 heterocycles. The molecule has 2 N–H and O–H groups in total. The van der Waals surface area contributed by atoms with Gasteiger partial charge in [-0.3, -0.25) is 4.79 Å². The van der Waals surface area contributed by atoms with Crippen LogP contribution in [-0.2, 0) is 4.79 Å². The van der Waals surface area contributed by atoms with Crippen molar-refractivity contribution >= 4 is 23.2 Å². The Morgan fingerprint density at radius 3 is 2.71 bits per heavy atom. The standard InChI is InChI=1S/C10H11ClN2O/c11-7-3-1-2-4-9(7)13-6-5-8(12)10(13)14/h1-4,8H,5-6,12H2/t8-/m0/s1. The maximum absolute atomic E-state index is 11.6. The van der Waals surface area contributed by atoms with Crippen LogP contribution in [0.1, 0.15) is 6.42 Å². The first-order chi connectivity index (χ1) is 6.70. The second-order valence-electron chi connectivity index (χ2n) is 3.34. The topological polar surface area (TPSA) is 46.3 Å². The molecular weight excluding hydrogens is 200 g/mol. The quantitative estimate of drug-likeness (QED) is 0.762. The first kappa shape index (κ1) is 9.49. The van der Waals surface area contributed by atoms with E-state index >= 15 is 0 Å². The number of hydrogen-bond acceptors (Lipinski definition) is 2. The molecule has 1 aromatic carbocycles. The number of amides is 1. The fourth-order valence-electron chi connectivity index (χ4n) is 1.61. The molecule has 1 aliphatic heterocycles. The maximum Gasteiger partial charge on any atom is 0.244 e. The molecule has 4 heteroatoms. The van der Waals surface area contributed by atoms with Gasteiger partial charge >= 0.3 is 0 Å². The Kier molecular flexibility index (Phi) is 2.44. The van der Waals surface area contributed by atoms with Gasteiger partial charge in [-0.05, 0) is 18.6 Å². The molecule has 3 nitrogen and oxygen atoms in total. The minimum absolute atomic E-state index is 0.0434. The Bertz CT molecular complexity index is 367. The molecule has 0 aromatic heterocycles. The van der Waals surface area contributed by atoms with Gasteiger partial charge in [-0.15, -0.1) is 0 Å². The van der Waals surface area contributed by atoms with Gasteiger partial charge in [0.15, 0.2) is 0 Å². The molecule has 0 saturated carbocycles. The summed E-state index contributed by atoms with van der Waals surface area (Å²) in [6.07, 6.45) is 0.698. The molecule has 0 unspecified atom stereocenters. The normalized spacial score (nSPS) is 21.7. The van der Waals surface area contributed by atoms with Crippen LogP contribution < -0.4 is 10.6 Å². The molecular formula is C10H11ClN2O. The molecule has 0 spiro atoms. The summed E-state index contributed by atoms with van der Waals surface area (Å²) >= 11 is 5.98. The number of rotatable bonds is 1. The van der Waals surface area contributed by atoms with Gasteiger partial charge in [-0.2, -0.15) is 0 Å². The molecule has 1 amide bonds. The van der Waals surface area contributed by atoms with E-state index in [1.54, 1.807) is 11.0 Å². The maximum atomic E-state index is 11.6. The largest absolute Gasteiger partial charge is 0.320 e. The van der Waals surface area contributed by atoms with E-state index in [0.29, 0.717) is 18.0 Å². The Morgan fingerprint density at radius 2 is 2.14 bits per heavy atom. The van der Waals surface area contributed by atoms with Crippen LogP contribution in [0.5, 0.6) is 0 Å². The van der Waals surface area contributed by atoms with Crippen molar-refractivity contribution in [2.75, 3.05) is 11.4 Å². The first-order valence-corrected chi connectivity index (χ1v) is 4.89. The van der Waals surface area contributed by atoms with Gasteiger partial charge < -0.3 is 10.6 Å². The molecule has 2 rings (SSSR count). The minimum atomic E-state index is -0.369. The SMILES string of the molecule is N[C@H]1CCN(c2ccccc2Cl)C1=O. The van der Waals surface area contributed by atoms with Crippen molar-refractivity contribution in [1.29, 1.82) is 0 Å². The predicted octanol–water partition coefficient (Wildman–Crippen LogP) is 1.40. The summed E-state index contributed by atoms with van der Waals surface area (Å²) in [5.41, 5.74) is 6.38. The summed E-state index contributed by atoms with van der Waals surface area (Å²) in [6.45, 7) is 0.656. The third-order valence-corrected chi connectivity index (χ3v) is 2.71. The molecule has 1 atom stereocenters. The van der Waals surface area contributed by atoms with Gasteiger partial charge in [0.1, 0.15) is 0 Å². The average Bonchev–Trinajstić information content (AvgIpc) is 2.49. The van der Waals surface area contributed by atoms with Crippen molar-refractivity contribution in [2.24, 2.45) is 5.73 Å². The van der Waals surface area contributed by atoms with Crippen LogP contribution in [0.4, 0.5) is 5.69 Å². The van der Waals surface area contributed by atoms with E-state index in [1.807, 2.05) is 18.2 Å². The van der Waals surface area contributed by atoms with Gasteiger partial charge in [0, 0.05) is 6.54 Å². The second-order valence-corrected chi connectivity index (χ2v) is 3.74. The Morgan fingerprint density at radius 1 is 1.43 bits per heavy atom. The van der Waals surface area contributed by atoms with Crippen molar-refractivity contribution in [3.8, 4) is 0 Å². The number of halogens is 1. The number of anilines is 1. The monoisotopic (exact) mass is 210 g/mol. The zero-order valence-electron chi connectivity index (χ0n) is 7.61. The fraction of sp³-hybridized carbons (Fsp3) is 0.300. The summed E-state index contributed by atoms with van der Waals surface area (Å²) < 4.78 is 0. The molecule has 0 radical (unpaired) electrons. The highest BCUT2D eigenvalue weighted by molar-refractivity contribution is 6.33. The van der Waals surface area contributed by atoms with Crippen molar-refractivity contribution in [2.45, 2.75) is 12.5 Å². The molecule has 0 bridgehead atoms. The van der Waals surface area contributed by atoms with Crippen LogP contribution in [-0.4, -0.2) is 18.5 Å². The Labute approximate surface area is 87.4 Å². The highest BCUT2D eigenvalue weighted by atomic mass is 35.5. The molecule has 1 aliphatic rings. The highest BCUT2D eigenvalue weighted by Crippen LogP contribution is 2.28. The Balaban J connectivity index is 2.33. The van der Waals surface area contributed by atoms with Crippen LogP contribution >= 0.6 is 11.6 Å². The van der Waals surface area contributed by atoms with E-state index in [9.17, 15) is 4.79 Å². The van der Waals surface area contributed by atoms with Gasteiger partial charge in [0.2, 0.25) is 5.91 Å². The zero-order valence-corrected chi connectivity index (χ0v) is 8.37. The van der Waals surface area contributed by atoms with E-state index in [4.69, 9.17) is 17.3 Å². The molecule has 1 fully saturated rings. The third kappa shape index (κ3) is 1.49. The number of carbonyl (C=O) groups is 1. The van der Waals surface area contributed by atoms with E-state index in [1.165, 1.54) is 0 Å². The number of nitrogens with zero attached hydrogens (tertiary/aromatic N) is 1. The number of nitrogens with two attached hydrogens (primary N) is 1. The summed E-state index contributed by atoms with van der Waals surface area (Å²) in [7, 11) is 0. The van der Waals surface area contributed by atoms with Crippen molar-refractivity contribution < 1.29 is 4.79 Å². The Hall–Kier alpha value is -1.06. The number of hydrogen-bond donors (Lipinski definition) is 1. The number of carbonyl (C=O) groups excluding carboxylic acids is 1. The average molecular weight is 211 g/mol. The van der Waals surface area contributed by atoms with Crippen LogP contribution in [0.25, 0.3) is 0 Å². The van der Waals surface area contributed by atoms with Crippen LogP contribution in [0.2, 0.25) is 5.02 Å². The van der Waals surface area contributed by atoms with Gasteiger partial charge in [0.25, 0.3) is 0 Å².